The van der Waals surface area contributed by atoms with E-state index >= 15 is 0 Å². The molecule has 1 saturated heterocycles. The third-order valence-electron chi connectivity index (χ3n) is 4.48. The van der Waals surface area contributed by atoms with Crippen LogP contribution in [-0.2, 0) is 4.79 Å². The molecular weight excluding hydrogens is 321 g/mol. The predicted molar refractivity (Wildman–Crippen MR) is 97.0 cm³/mol. The lowest BCUT2D eigenvalue weighted by molar-refractivity contribution is -0.116. The van der Waals surface area contributed by atoms with Gasteiger partial charge in [0.1, 0.15) is 5.82 Å². The maximum absolute atomic E-state index is 14.2. The number of carbonyl (C=O) groups excluding carboxylic acids is 2. The highest BCUT2D eigenvalue weighted by atomic mass is 19.1. The van der Waals surface area contributed by atoms with Gasteiger partial charge in [-0.15, -0.1) is 0 Å². The third-order valence-corrected chi connectivity index (χ3v) is 4.48. The van der Waals surface area contributed by atoms with E-state index in [-0.39, 0.29) is 23.4 Å². The van der Waals surface area contributed by atoms with Gasteiger partial charge >= 0.3 is 0 Å². The number of hydrogen-bond acceptors (Lipinski definition) is 3. The molecule has 6 heteroatoms. The van der Waals surface area contributed by atoms with E-state index in [1.807, 2.05) is 20.9 Å². The number of hydrogen-bond donors (Lipinski definition) is 2. The molecule has 0 unspecified atom stereocenters. The molecule has 5 nitrogen and oxygen atoms in total. The Bertz CT molecular complexity index is 611. The standard InChI is InChI=1S/C19H28FN3O2/c1-13(2)10-18(24)22-17-5-4-15(11-16(17)20)19(25)23-8-6-14(7-9-23)12-21-3/h4-5,11,13-14,21H,6-10,12H2,1-3H3,(H,22,24). The van der Waals surface area contributed by atoms with Crippen LogP contribution in [0.4, 0.5) is 10.1 Å². The molecule has 0 aromatic heterocycles. The number of nitrogens with one attached hydrogen (secondary N) is 2. The van der Waals surface area contributed by atoms with Crippen LogP contribution in [0.25, 0.3) is 0 Å². The molecule has 1 fully saturated rings. The molecule has 1 aromatic carbocycles. The zero-order chi connectivity index (χ0) is 18.4. The Balaban J connectivity index is 1.97. The van der Waals surface area contributed by atoms with E-state index in [1.54, 1.807) is 11.0 Å². The highest BCUT2D eigenvalue weighted by Gasteiger charge is 2.24. The van der Waals surface area contributed by atoms with Crippen LogP contribution in [-0.4, -0.2) is 43.4 Å². The van der Waals surface area contributed by atoms with Crippen LogP contribution in [0.1, 0.15) is 43.5 Å². The maximum Gasteiger partial charge on any atom is 0.253 e. The van der Waals surface area contributed by atoms with Crippen molar-refractivity contribution in [3.63, 3.8) is 0 Å². The van der Waals surface area contributed by atoms with E-state index in [4.69, 9.17) is 0 Å². The van der Waals surface area contributed by atoms with Crippen molar-refractivity contribution in [1.82, 2.24) is 10.2 Å². The number of carbonyl (C=O) groups is 2. The number of piperidine rings is 1. The van der Waals surface area contributed by atoms with Crippen LogP contribution >= 0.6 is 0 Å². The van der Waals surface area contributed by atoms with Crippen molar-refractivity contribution in [1.29, 1.82) is 0 Å². The minimum atomic E-state index is -0.576. The van der Waals surface area contributed by atoms with Crippen LogP contribution < -0.4 is 10.6 Å². The Hall–Kier alpha value is -1.95. The number of nitrogens with zero attached hydrogens (tertiary/aromatic N) is 1. The van der Waals surface area contributed by atoms with Crippen molar-refractivity contribution < 1.29 is 14.0 Å². The highest BCUT2D eigenvalue weighted by molar-refractivity contribution is 5.96. The maximum atomic E-state index is 14.2. The van der Waals surface area contributed by atoms with E-state index in [2.05, 4.69) is 10.6 Å². The van der Waals surface area contributed by atoms with Crippen molar-refractivity contribution in [3.8, 4) is 0 Å². The molecule has 1 aromatic rings. The van der Waals surface area contributed by atoms with Gasteiger partial charge < -0.3 is 15.5 Å². The number of rotatable bonds is 6. The summed E-state index contributed by atoms with van der Waals surface area (Å²) in [6.07, 6.45) is 2.25. The molecule has 0 atom stereocenters. The normalized spacial score (nSPS) is 15.5. The molecule has 25 heavy (non-hydrogen) atoms. The minimum Gasteiger partial charge on any atom is -0.339 e. The van der Waals surface area contributed by atoms with Gasteiger partial charge in [-0.3, -0.25) is 9.59 Å². The zero-order valence-corrected chi connectivity index (χ0v) is 15.3. The van der Waals surface area contributed by atoms with Gasteiger partial charge in [0.05, 0.1) is 5.69 Å². The van der Waals surface area contributed by atoms with Gasteiger partial charge in [-0.1, -0.05) is 13.8 Å². The van der Waals surface area contributed by atoms with E-state index < -0.39 is 5.82 Å². The van der Waals surface area contributed by atoms with Gasteiger partial charge in [0.25, 0.3) is 5.91 Å². The second-order valence-corrected chi connectivity index (χ2v) is 7.13. The number of anilines is 1. The van der Waals surface area contributed by atoms with Crippen LogP contribution in [0.3, 0.4) is 0 Å². The Morgan fingerprint density at radius 3 is 2.52 bits per heavy atom. The van der Waals surface area contributed by atoms with E-state index in [9.17, 15) is 14.0 Å². The summed E-state index contributed by atoms with van der Waals surface area (Å²) in [5.74, 6) is -0.159. The fourth-order valence-corrected chi connectivity index (χ4v) is 3.13. The summed E-state index contributed by atoms with van der Waals surface area (Å²) in [6.45, 7) is 6.20. The average Bonchev–Trinajstić information content (AvgIpc) is 2.56. The van der Waals surface area contributed by atoms with E-state index in [0.717, 1.165) is 19.4 Å². The molecule has 0 saturated carbocycles. The van der Waals surface area contributed by atoms with E-state index in [1.165, 1.54) is 12.1 Å². The zero-order valence-electron chi connectivity index (χ0n) is 15.3. The molecule has 2 rings (SSSR count). The van der Waals surface area contributed by atoms with Crippen molar-refractivity contribution in [3.05, 3.63) is 29.6 Å². The topological polar surface area (TPSA) is 61.4 Å². The fourth-order valence-electron chi connectivity index (χ4n) is 3.13. The second kappa shape index (κ2) is 8.94. The molecule has 1 heterocycles. The Morgan fingerprint density at radius 2 is 1.96 bits per heavy atom. The first-order valence-electron chi connectivity index (χ1n) is 8.94. The quantitative estimate of drug-likeness (QED) is 0.830. The van der Waals surface area contributed by atoms with Crippen LogP contribution in [0.5, 0.6) is 0 Å². The molecule has 1 aliphatic heterocycles. The highest BCUT2D eigenvalue weighted by Crippen LogP contribution is 2.21. The summed E-state index contributed by atoms with van der Waals surface area (Å²) in [5, 5.41) is 5.73. The molecule has 138 valence electrons. The largest absolute Gasteiger partial charge is 0.339 e. The average molecular weight is 349 g/mol. The van der Waals surface area contributed by atoms with Gasteiger partial charge in [0, 0.05) is 25.1 Å². The summed E-state index contributed by atoms with van der Waals surface area (Å²) < 4.78 is 14.2. The van der Waals surface area contributed by atoms with Gasteiger partial charge in [-0.2, -0.15) is 0 Å². The predicted octanol–water partition coefficient (Wildman–Crippen LogP) is 2.88. The minimum absolute atomic E-state index is 0.120. The molecule has 0 spiro atoms. The van der Waals surface area contributed by atoms with Crippen LogP contribution in [0.15, 0.2) is 18.2 Å². The Morgan fingerprint density at radius 1 is 1.28 bits per heavy atom. The summed E-state index contributed by atoms with van der Waals surface area (Å²) in [4.78, 5) is 26.1. The van der Waals surface area contributed by atoms with Gasteiger partial charge in [-0.05, 0) is 56.5 Å². The Kier molecular flexibility index (Phi) is 6.93. The first-order chi connectivity index (χ1) is 11.9. The lowest BCUT2D eigenvalue weighted by Crippen LogP contribution is -2.40. The van der Waals surface area contributed by atoms with Crippen molar-refractivity contribution in [2.75, 3.05) is 32.0 Å². The van der Waals surface area contributed by atoms with Crippen molar-refractivity contribution in [2.45, 2.75) is 33.1 Å². The summed E-state index contributed by atoms with van der Waals surface area (Å²) in [7, 11) is 1.93. The first-order valence-corrected chi connectivity index (χ1v) is 8.94. The number of halogens is 1. The van der Waals surface area contributed by atoms with Gasteiger partial charge in [0.15, 0.2) is 0 Å². The molecule has 2 amide bonds. The van der Waals surface area contributed by atoms with Crippen LogP contribution in [0.2, 0.25) is 0 Å². The monoisotopic (exact) mass is 349 g/mol. The molecule has 0 radical (unpaired) electrons. The Labute approximate surface area is 149 Å². The number of amides is 2. The molecule has 2 N–H and O–H groups in total. The second-order valence-electron chi connectivity index (χ2n) is 7.13. The summed E-state index contributed by atoms with van der Waals surface area (Å²) >= 11 is 0. The smallest absolute Gasteiger partial charge is 0.253 e. The molecule has 0 bridgehead atoms. The number of likely N-dealkylation sites (tertiary alicyclic amines) is 1. The lowest BCUT2D eigenvalue weighted by atomic mass is 9.96. The van der Waals surface area contributed by atoms with Gasteiger partial charge in [0.2, 0.25) is 5.91 Å². The SMILES string of the molecule is CNCC1CCN(C(=O)c2ccc(NC(=O)CC(C)C)c(F)c2)CC1. The third kappa shape index (κ3) is 5.53. The molecule has 1 aliphatic rings. The van der Waals surface area contributed by atoms with Crippen molar-refractivity contribution >= 4 is 17.5 Å². The van der Waals surface area contributed by atoms with E-state index in [0.29, 0.717) is 31.0 Å². The number of benzene rings is 1. The lowest BCUT2D eigenvalue weighted by Gasteiger charge is -2.32. The van der Waals surface area contributed by atoms with Gasteiger partial charge in [-0.25, -0.2) is 4.39 Å². The molecular formula is C19H28FN3O2. The first kappa shape index (κ1) is 19.4. The summed E-state index contributed by atoms with van der Waals surface area (Å²) in [5.41, 5.74) is 0.446. The summed E-state index contributed by atoms with van der Waals surface area (Å²) in [6, 6.07) is 4.26. The fraction of sp³-hybridized carbons (Fsp3) is 0.579. The van der Waals surface area contributed by atoms with Crippen molar-refractivity contribution in [2.24, 2.45) is 11.8 Å². The molecule has 0 aliphatic carbocycles. The van der Waals surface area contributed by atoms with Crippen LogP contribution in [0, 0.1) is 17.7 Å².